The van der Waals surface area contributed by atoms with Gasteiger partial charge in [-0.05, 0) is 46.1 Å². The van der Waals surface area contributed by atoms with Crippen LogP contribution in [0.5, 0.6) is 0 Å². The first-order valence-electron chi connectivity index (χ1n) is 4.97. The van der Waals surface area contributed by atoms with Gasteiger partial charge in [0.2, 0.25) is 0 Å². The van der Waals surface area contributed by atoms with E-state index in [-0.39, 0.29) is 11.9 Å². The molecule has 2 aromatic rings. The third kappa shape index (κ3) is 2.71. The second kappa shape index (κ2) is 5.48. The molecule has 0 saturated carbocycles. The van der Waals surface area contributed by atoms with Gasteiger partial charge in [0.15, 0.2) is 0 Å². The van der Waals surface area contributed by atoms with Crippen LogP contribution in [0, 0.1) is 5.82 Å². The minimum Gasteiger partial charge on any atom is -0.309 e. The third-order valence-electron chi connectivity index (χ3n) is 2.52. The summed E-state index contributed by atoms with van der Waals surface area (Å²) in [4.78, 5) is 0. The van der Waals surface area contributed by atoms with Crippen LogP contribution in [0.15, 0.2) is 33.4 Å². The predicted molar refractivity (Wildman–Crippen MR) is 74.3 cm³/mol. The molecule has 0 fully saturated rings. The molecule has 1 aromatic heterocycles. The van der Waals surface area contributed by atoms with E-state index in [0.29, 0.717) is 10.6 Å². The smallest absolute Gasteiger partial charge is 0.129 e. The molecule has 17 heavy (non-hydrogen) atoms. The first-order chi connectivity index (χ1) is 8.13. The Labute approximate surface area is 117 Å². The van der Waals surface area contributed by atoms with E-state index in [2.05, 4.69) is 21.2 Å². The van der Waals surface area contributed by atoms with Gasteiger partial charge in [0.25, 0.3) is 0 Å². The molecule has 0 saturated heterocycles. The number of halogens is 3. The highest BCUT2D eigenvalue weighted by Crippen LogP contribution is 2.33. The SMILES string of the molecule is CNC(c1ccc(Cl)cc1F)c1cscc1Br. The normalized spacial score (nSPS) is 12.7. The van der Waals surface area contributed by atoms with E-state index in [1.807, 2.05) is 17.8 Å². The van der Waals surface area contributed by atoms with Gasteiger partial charge in [0, 0.05) is 20.4 Å². The lowest BCUT2D eigenvalue weighted by Crippen LogP contribution is -2.18. The van der Waals surface area contributed by atoms with Crippen molar-refractivity contribution in [1.29, 1.82) is 0 Å². The highest BCUT2D eigenvalue weighted by atomic mass is 79.9. The molecule has 1 aromatic carbocycles. The van der Waals surface area contributed by atoms with Crippen LogP contribution in [-0.4, -0.2) is 7.05 Å². The number of hydrogen-bond donors (Lipinski definition) is 1. The molecule has 0 bridgehead atoms. The monoisotopic (exact) mass is 333 g/mol. The average Bonchev–Trinajstić information content (AvgIpc) is 2.69. The standard InChI is InChI=1S/C12H10BrClFNS/c1-16-12(9-5-17-6-10(9)13)8-3-2-7(14)4-11(8)15/h2-6,12,16H,1H3. The van der Waals surface area contributed by atoms with Crippen LogP contribution in [0.2, 0.25) is 5.02 Å². The van der Waals surface area contributed by atoms with Gasteiger partial charge >= 0.3 is 0 Å². The molecule has 2 rings (SSSR count). The fourth-order valence-corrected chi connectivity index (χ4v) is 3.42. The van der Waals surface area contributed by atoms with Crippen molar-refractivity contribution in [2.75, 3.05) is 7.05 Å². The molecular formula is C12H10BrClFNS. The first-order valence-corrected chi connectivity index (χ1v) is 7.08. The summed E-state index contributed by atoms with van der Waals surface area (Å²) in [5.74, 6) is -0.296. The van der Waals surface area contributed by atoms with E-state index < -0.39 is 0 Å². The molecule has 0 amide bonds. The molecule has 1 unspecified atom stereocenters. The summed E-state index contributed by atoms with van der Waals surface area (Å²) in [6.45, 7) is 0. The Morgan fingerprint density at radius 2 is 2.12 bits per heavy atom. The number of hydrogen-bond acceptors (Lipinski definition) is 2. The maximum absolute atomic E-state index is 13.9. The van der Waals surface area contributed by atoms with Gasteiger partial charge in [-0.2, -0.15) is 11.3 Å². The Morgan fingerprint density at radius 1 is 1.35 bits per heavy atom. The van der Waals surface area contributed by atoms with E-state index in [1.54, 1.807) is 23.5 Å². The van der Waals surface area contributed by atoms with Gasteiger partial charge in [-0.1, -0.05) is 17.7 Å². The highest BCUT2D eigenvalue weighted by molar-refractivity contribution is 9.10. The first kappa shape index (κ1) is 13.0. The summed E-state index contributed by atoms with van der Waals surface area (Å²) in [7, 11) is 1.81. The summed E-state index contributed by atoms with van der Waals surface area (Å²) < 4.78 is 14.9. The van der Waals surface area contributed by atoms with Gasteiger partial charge < -0.3 is 5.32 Å². The summed E-state index contributed by atoms with van der Waals surface area (Å²) >= 11 is 10.8. The Hall–Kier alpha value is -0.420. The van der Waals surface area contributed by atoms with Gasteiger partial charge in [0.1, 0.15) is 5.82 Å². The van der Waals surface area contributed by atoms with Crippen LogP contribution in [-0.2, 0) is 0 Å². The molecule has 5 heteroatoms. The van der Waals surface area contributed by atoms with Crippen molar-refractivity contribution in [3.05, 3.63) is 55.4 Å². The van der Waals surface area contributed by atoms with Crippen molar-refractivity contribution in [1.82, 2.24) is 5.32 Å². The molecule has 0 aliphatic carbocycles. The number of rotatable bonds is 3. The Bertz CT molecular complexity index is 529. The molecule has 1 atom stereocenters. The molecular weight excluding hydrogens is 325 g/mol. The largest absolute Gasteiger partial charge is 0.309 e. The lowest BCUT2D eigenvalue weighted by Gasteiger charge is -2.17. The summed E-state index contributed by atoms with van der Waals surface area (Å²) in [6.07, 6.45) is 0. The van der Waals surface area contributed by atoms with Crippen molar-refractivity contribution in [2.24, 2.45) is 0 Å². The Kier molecular flexibility index (Phi) is 4.20. The van der Waals surface area contributed by atoms with Crippen molar-refractivity contribution in [3.8, 4) is 0 Å². The number of benzene rings is 1. The quantitative estimate of drug-likeness (QED) is 0.864. The van der Waals surface area contributed by atoms with E-state index in [4.69, 9.17) is 11.6 Å². The fourth-order valence-electron chi connectivity index (χ4n) is 1.71. The van der Waals surface area contributed by atoms with Crippen molar-refractivity contribution in [2.45, 2.75) is 6.04 Å². The van der Waals surface area contributed by atoms with Gasteiger partial charge in [-0.15, -0.1) is 0 Å². The maximum atomic E-state index is 13.9. The van der Waals surface area contributed by atoms with Crippen molar-refractivity contribution >= 4 is 38.9 Å². The van der Waals surface area contributed by atoms with Crippen LogP contribution in [0.3, 0.4) is 0 Å². The molecule has 0 aliphatic rings. The second-order valence-electron chi connectivity index (χ2n) is 3.56. The molecule has 1 heterocycles. The predicted octanol–water partition coefficient (Wildman–Crippen LogP) is 4.61. The van der Waals surface area contributed by atoms with E-state index in [0.717, 1.165) is 10.0 Å². The van der Waals surface area contributed by atoms with Crippen LogP contribution >= 0.6 is 38.9 Å². The van der Waals surface area contributed by atoms with Crippen LogP contribution < -0.4 is 5.32 Å². The van der Waals surface area contributed by atoms with Crippen LogP contribution in [0.4, 0.5) is 4.39 Å². The van der Waals surface area contributed by atoms with Crippen LogP contribution in [0.25, 0.3) is 0 Å². The van der Waals surface area contributed by atoms with Gasteiger partial charge in [-0.3, -0.25) is 0 Å². The lowest BCUT2D eigenvalue weighted by molar-refractivity contribution is 0.576. The topological polar surface area (TPSA) is 12.0 Å². The fraction of sp³-hybridized carbons (Fsp3) is 0.167. The van der Waals surface area contributed by atoms with Gasteiger partial charge in [0.05, 0.1) is 6.04 Å². The average molecular weight is 335 g/mol. The number of thiophene rings is 1. The molecule has 1 nitrogen and oxygen atoms in total. The molecule has 0 spiro atoms. The summed E-state index contributed by atoms with van der Waals surface area (Å²) in [5, 5.41) is 7.50. The zero-order chi connectivity index (χ0) is 12.4. The zero-order valence-electron chi connectivity index (χ0n) is 9.01. The second-order valence-corrected chi connectivity index (χ2v) is 5.60. The van der Waals surface area contributed by atoms with E-state index in [1.165, 1.54) is 6.07 Å². The Morgan fingerprint density at radius 3 is 2.65 bits per heavy atom. The zero-order valence-corrected chi connectivity index (χ0v) is 12.2. The minimum absolute atomic E-state index is 0.173. The minimum atomic E-state index is -0.296. The molecule has 90 valence electrons. The molecule has 0 radical (unpaired) electrons. The molecule has 0 aliphatic heterocycles. The number of nitrogens with one attached hydrogen (secondary N) is 1. The third-order valence-corrected chi connectivity index (χ3v) is 4.50. The lowest BCUT2D eigenvalue weighted by atomic mass is 10.0. The van der Waals surface area contributed by atoms with Gasteiger partial charge in [-0.25, -0.2) is 4.39 Å². The van der Waals surface area contributed by atoms with E-state index >= 15 is 0 Å². The Balaban J connectivity index is 2.46. The highest BCUT2D eigenvalue weighted by Gasteiger charge is 2.19. The van der Waals surface area contributed by atoms with Crippen molar-refractivity contribution < 1.29 is 4.39 Å². The van der Waals surface area contributed by atoms with Crippen LogP contribution in [0.1, 0.15) is 17.2 Å². The summed E-state index contributed by atoms with van der Waals surface area (Å²) in [6, 6.07) is 4.57. The molecule has 1 N–H and O–H groups in total. The van der Waals surface area contributed by atoms with E-state index in [9.17, 15) is 4.39 Å². The maximum Gasteiger partial charge on any atom is 0.129 e. The van der Waals surface area contributed by atoms with Crippen molar-refractivity contribution in [3.63, 3.8) is 0 Å². The summed E-state index contributed by atoms with van der Waals surface area (Å²) in [5.41, 5.74) is 1.62.